The van der Waals surface area contributed by atoms with E-state index in [0.717, 1.165) is 19.4 Å². The Morgan fingerprint density at radius 3 is 3.10 bits per heavy atom. The molecule has 0 aromatic carbocycles. The van der Waals surface area contributed by atoms with E-state index in [4.69, 9.17) is 9.47 Å². The predicted molar refractivity (Wildman–Crippen MR) is 39.7 cm³/mol. The van der Waals surface area contributed by atoms with Gasteiger partial charge in [-0.3, -0.25) is 0 Å². The fourth-order valence-corrected chi connectivity index (χ4v) is 1.20. The Labute approximate surface area is 61.8 Å². The maximum atomic E-state index is 5.36. The molecule has 2 heteroatoms. The highest BCUT2D eigenvalue weighted by Crippen LogP contribution is 2.18. The summed E-state index contributed by atoms with van der Waals surface area (Å²) in [5.74, 6) is 0. The second kappa shape index (κ2) is 3.62. The van der Waals surface area contributed by atoms with Gasteiger partial charge in [-0.25, -0.2) is 0 Å². The first-order valence-corrected chi connectivity index (χ1v) is 3.65. The molecule has 1 heterocycles. The molecule has 1 fully saturated rings. The van der Waals surface area contributed by atoms with E-state index in [1.165, 1.54) is 5.57 Å². The molecule has 1 atom stereocenters. The van der Waals surface area contributed by atoms with Gasteiger partial charge in [0.25, 0.3) is 0 Å². The van der Waals surface area contributed by atoms with Crippen LogP contribution in [0.15, 0.2) is 11.8 Å². The molecule has 0 N–H and O–H groups in total. The molecule has 0 aliphatic carbocycles. The Kier molecular flexibility index (Phi) is 2.75. The van der Waals surface area contributed by atoms with E-state index in [1.807, 2.05) is 6.26 Å². The number of rotatable bonds is 1. The lowest BCUT2D eigenvalue weighted by atomic mass is 10.1. The smallest absolute Gasteiger partial charge is 0.0818 e. The summed E-state index contributed by atoms with van der Waals surface area (Å²) < 4.78 is 10.3. The number of ether oxygens (including phenoxy) is 2. The van der Waals surface area contributed by atoms with Crippen molar-refractivity contribution in [3.8, 4) is 0 Å². The third-order valence-corrected chi connectivity index (χ3v) is 1.66. The predicted octanol–water partition coefficient (Wildman–Crippen LogP) is 1.72. The van der Waals surface area contributed by atoms with Crippen LogP contribution in [0.4, 0.5) is 0 Å². The molecule has 2 nitrogen and oxygen atoms in total. The highest BCUT2D eigenvalue weighted by atomic mass is 16.5. The summed E-state index contributed by atoms with van der Waals surface area (Å²) in [5.41, 5.74) is 1.36. The second-order valence-corrected chi connectivity index (χ2v) is 2.65. The highest BCUT2D eigenvalue weighted by molar-refractivity contribution is 5.01. The Balaban J connectivity index is 2.39. The van der Waals surface area contributed by atoms with Gasteiger partial charge >= 0.3 is 0 Å². The molecule has 1 unspecified atom stereocenters. The molecule has 0 saturated carbocycles. The maximum Gasteiger partial charge on any atom is 0.0818 e. The molecule has 0 spiro atoms. The lowest BCUT2D eigenvalue weighted by Crippen LogP contribution is -2.16. The van der Waals surface area contributed by atoms with Crippen LogP contribution in [-0.2, 0) is 9.47 Å². The van der Waals surface area contributed by atoms with Crippen LogP contribution in [0.5, 0.6) is 0 Å². The van der Waals surface area contributed by atoms with Gasteiger partial charge in [0, 0.05) is 0 Å². The molecule has 0 radical (unpaired) electrons. The minimum Gasteiger partial charge on any atom is -0.504 e. The van der Waals surface area contributed by atoms with Crippen LogP contribution in [0.2, 0.25) is 0 Å². The number of hydrogen-bond acceptors (Lipinski definition) is 2. The molecule has 0 aromatic heterocycles. The Hall–Kier alpha value is -0.500. The first-order valence-electron chi connectivity index (χ1n) is 3.65. The van der Waals surface area contributed by atoms with E-state index in [2.05, 4.69) is 6.92 Å². The number of methoxy groups -OCH3 is 1. The van der Waals surface area contributed by atoms with Crippen molar-refractivity contribution in [2.75, 3.05) is 13.7 Å². The monoisotopic (exact) mass is 142 g/mol. The first-order chi connectivity index (χ1) is 4.83. The van der Waals surface area contributed by atoms with Crippen molar-refractivity contribution in [3.05, 3.63) is 11.8 Å². The molecular formula is C8H14O2. The summed E-state index contributed by atoms with van der Waals surface area (Å²) in [6, 6.07) is 0. The standard InChI is InChI=1S/C8H14O2/c1-7-5-8(6-9-2)3-4-10-7/h6-7H,3-5H2,1-2H3/b8-6+. The zero-order chi connectivity index (χ0) is 7.40. The van der Waals surface area contributed by atoms with Crippen LogP contribution in [0.3, 0.4) is 0 Å². The fraction of sp³-hybridized carbons (Fsp3) is 0.750. The van der Waals surface area contributed by atoms with Gasteiger partial charge in [-0.2, -0.15) is 0 Å². The SMILES string of the molecule is CO/C=C1\CCOC(C)C1. The summed E-state index contributed by atoms with van der Waals surface area (Å²) in [6.45, 7) is 2.93. The summed E-state index contributed by atoms with van der Waals surface area (Å²) in [4.78, 5) is 0. The van der Waals surface area contributed by atoms with Gasteiger partial charge in [-0.15, -0.1) is 0 Å². The Morgan fingerprint density at radius 1 is 1.70 bits per heavy atom. The van der Waals surface area contributed by atoms with E-state index in [1.54, 1.807) is 7.11 Å². The average Bonchev–Trinajstić information content (AvgIpc) is 1.88. The van der Waals surface area contributed by atoms with E-state index < -0.39 is 0 Å². The van der Waals surface area contributed by atoms with Crippen LogP contribution >= 0.6 is 0 Å². The van der Waals surface area contributed by atoms with Gasteiger partial charge in [0.2, 0.25) is 0 Å². The van der Waals surface area contributed by atoms with Gasteiger partial charge in [-0.1, -0.05) is 0 Å². The van der Waals surface area contributed by atoms with E-state index >= 15 is 0 Å². The third kappa shape index (κ3) is 2.03. The molecule has 10 heavy (non-hydrogen) atoms. The van der Waals surface area contributed by atoms with Crippen LogP contribution < -0.4 is 0 Å². The van der Waals surface area contributed by atoms with E-state index in [9.17, 15) is 0 Å². The molecule has 0 aromatic rings. The highest BCUT2D eigenvalue weighted by Gasteiger charge is 2.12. The van der Waals surface area contributed by atoms with Crippen molar-refractivity contribution in [2.24, 2.45) is 0 Å². The van der Waals surface area contributed by atoms with Gasteiger partial charge in [0.15, 0.2) is 0 Å². The van der Waals surface area contributed by atoms with Crippen molar-refractivity contribution in [1.82, 2.24) is 0 Å². The topological polar surface area (TPSA) is 18.5 Å². The molecule has 0 amide bonds. The third-order valence-electron chi connectivity index (χ3n) is 1.66. The van der Waals surface area contributed by atoms with Gasteiger partial charge in [0.1, 0.15) is 0 Å². The minimum absolute atomic E-state index is 0.371. The van der Waals surface area contributed by atoms with Crippen molar-refractivity contribution in [3.63, 3.8) is 0 Å². The van der Waals surface area contributed by atoms with Crippen molar-refractivity contribution >= 4 is 0 Å². The molecule has 1 aliphatic heterocycles. The van der Waals surface area contributed by atoms with E-state index in [0.29, 0.717) is 6.10 Å². The quantitative estimate of drug-likeness (QED) is 0.519. The molecule has 1 saturated heterocycles. The largest absolute Gasteiger partial charge is 0.504 e. The lowest BCUT2D eigenvalue weighted by molar-refractivity contribution is 0.0471. The van der Waals surface area contributed by atoms with Gasteiger partial charge in [0.05, 0.1) is 26.1 Å². The van der Waals surface area contributed by atoms with Crippen LogP contribution in [0, 0.1) is 0 Å². The normalized spacial score (nSPS) is 30.6. The lowest BCUT2D eigenvalue weighted by Gasteiger charge is -2.20. The molecule has 1 rings (SSSR count). The second-order valence-electron chi connectivity index (χ2n) is 2.65. The zero-order valence-corrected chi connectivity index (χ0v) is 6.59. The minimum atomic E-state index is 0.371. The molecular weight excluding hydrogens is 128 g/mol. The Morgan fingerprint density at radius 2 is 2.50 bits per heavy atom. The van der Waals surface area contributed by atoms with Gasteiger partial charge < -0.3 is 9.47 Å². The number of hydrogen-bond donors (Lipinski definition) is 0. The van der Waals surface area contributed by atoms with Crippen LogP contribution in [0.1, 0.15) is 19.8 Å². The molecule has 58 valence electrons. The van der Waals surface area contributed by atoms with E-state index in [-0.39, 0.29) is 0 Å². The fourth-order valence-electron chi connectivity index (χ4n) is 1.20. The van der Waals surface area contributed by atoms with Crippen LogP contribution in [-0.4, -0.2) is 19.8 Å². The van der Waals surface area contributed by atoms with Gasteiger partial charge in [-0.05, 0) is 25.3 Å². The summed E-state index contributed by atoms with van der Waals surface area (Å²) in [5, 5.41) is 0. The summed E-state index contributed by atoms with van der Waals surface area (Å²) in [7, 11) is 1.69. The van der Waals surface area contributed by atoms with Crippen molar-refractivity contribution < 1.29 is 9.47 Å². The van der Waals surface area contributed by atoms with Crippen molar-refractivity contribution in [2.45, 2.75) is 25.9 Å². The first kappa shape index (κ1) is 7.61. The molecule has 1 aliphatic rings. The zero-order valence-electron chi connectivity index (χ0n) is 6.59. The average molecular weight is 142 g/mol. The Bertz CT molecular complexity index is 129. The summed E-state index contributed by atoms with van der Waals surface area (Å²) >= 11 is 0. The summed E-state index contributed by atoms with van der Waals surface area (Å²) in [6.07, 6.45) is 4.25. The maximum absolute atomic E-state index is 5.36. The molecule has 0 bridgehead atoms. The van der Waals surface area contributed by atoms with Crippen molar-refractivity contribution in [1.29, 1.82) is 0 Å². The van der Waals surface area contributed by atoms with Crippen LogP contribution in [0.25, 0.3) is 0 Å².